The third-order valence-corrected chi connectivity index (χ3v) is 5.06. The minimum Gasteiger partial charge on any atom is -0.392 e. The summed E-state index contributed by atoms with van der Waals surface area (Å²) in [7, 11) is 0. The predicted molar refractivity (Wildman–Crippen MR) is 68.6 cm³/mol. The average Bonchev–Trinajstić information content (AvgIpc) is 2.63. The zero-order chi connectivity index (χ0) is 12.5. The molecular formula is C12H15BrF2OS. The van der Waals surface area contributed by atoms with Crippen molar-refractivity contribution in [2.45, 2.75) is 44.1 Å². The Morgan fingerprint density at radius 3 is 2.65 bits per heavy atom. The van der Waals surface area contributed by atoms with Crippen molar-refractivity contribution in [3.63, 3.8) is 0 Å². The average molecular weight is 325 g/mol. The Balaban J connectivity index is 1.87. The first-order chi connectivity index (χ1) is 7.96. The van der Waals surface area contributed by atoms with Gasteiger partial charge in [-0.05, 0) is 40.8 Å². The maximum Gasteiger partial charge on any atom is 0.248 e. The Morgan fingerprint density at radius 1 is 1.47 bits per heavy atom. The summed E-state index contributed by atoms with van der Waals surface area (Å²) in [5, 5.41) is 12.0. The molecule has 1 heterocycles. The molecule has 1 aromatic rings. The Bertz CT molecular complexity index is 370. The third kappa shape index (κ3) is 3.73. The summed E-state index contributed by atoms with van der Waals surface area (Å²) in [4.78, 5) is 1.10. The van der Waals surface area contributed by atoms with E-state index >= 15 is 0 Å². The first kappa shape index (κ1) is 13.4. The van der Waals surface area contributed by atoms with E-state index in [1.165, 1.54) is 0 Å². The van der Waals surface area contributed by atoms with E-state index in [1.54, 1.807) is 11.3 Å². The molecule has 1 saturated carbocycles. The van der Waals surface area contributed by atoms with E-state index in [1.807, 2.05) is 11.4 Å². The Morgan fingerprint density at radius 2 is 2.12 bits per heavy atom. The molecule has 0 bridgehead atoms. The fourth-order valence-corrected chi connectivity index (χ4v) is 3.78. The van der Waals surface area contributed by atoms with Gasteiger partial charge in [-0.2, -0.15) is 0 Å². The molecule has 0 spiro atoms. The van der Waals surface area contributed by atoms with Gasteiger partial charge in [0.1, 0.15) is 0 Å². The quantitative estimate of drug-likeness (QED) is 0.881. The highest BCUT2D eigenvalue weighted by atomic mass is 79.9. The van der Waals surface area contributed by atoms with Crippen molar-refractivity contribution in [1.29, 1.82) is 0 Å². The molecule has 5 heteroatoms. The van der Waals surface area contributed by atoms with Gasteiger partial charge in [0, 0.05) is 34.0 Å². The molecule has 2 rings (SSSR count). The van der Waals surface area contributed by atoms with Crippen molar-refractivity contribution in [3.05, 3.63) is 20.8 Å². The van der Waals surface area contributed by atoms with Crippen LogP contribution in [-0.2, 0) is 6.42 Å². The van der Waals surface area contributed by atoms with Crippen molar-refractivity contribution >= 4 is 27.3 Å². The lowest BCUT2D eigenvalue weighted by molar-refractivity contribution is -0.0618. The first-order valence-electron chi connectivity index (χ1n) is 5.75. The van der Waals surface area contributed by atoms with Gasteiger partial charge in [0.15, 0.2) is 0 Å². The first-order valence-corrected chi connectivity index (χ1v) is 7.42. The van der Waals surface area contributed by atoms with Crippen LogP contribution >= 0.6 is 27.3 Å². The van der Waals surface area contributed by atoms with Crippen LogP contribution < -0.4 is 0 Å². The van der Waals surface area contributed by atoms with Crippen molar-refractivity contribution in [1.82, 2.24) is 0 Å². The number of aliphatic hydroxyl groups excluding tert-OH is 1. The van der Waals surface area contributed by atoms with Gasteiger partial charge in [0.25, 0.3) is 0 Å². The van der Waals surface area contributed by atoms with Crippen molar-refractivity contribution in [3.8, 4) is 0 Å². The summed E-state index contributed by atoms with van der Waals surface area (Å²) >= 11 is 4.95. The lowest BCUT2D eigenvalue weighted by Crippen LogP contribution is -2.32. The Labute approximate surface area is 112 Å². The van der Waals surface area contributed by atoms with Crippen LogP contribution in [0.15, 0.2) is 15.9 Å². The maximum absolute atomic E-state index is 13.0. The monoisotopic (exact) mass is 324 g/mol. The number of hydrogen-bond donors (Lipinski definition) is 1. The predicted octanol–water partition coefficient (Wildman–Crippen LogP) is 4.24. The van der Waals surface area contributed by atoms with Crippen LogP contribution in [0.5, 0.6) is 0 Å². The van der Waals surface area contributed by atoms with Gasteiger partial charge in [-0.3, -0.25) is 0 Å². The van der Waals surface area contributed by atoms with E-state index in [0.717, 1.165) is 9.35 Å². The summed E-state index contributed by atoms with van der Waals surface area (Å²) in [6.07, 6.45) is 0.788. The van der Waals surface area contributed by atoms with Gasteiger partial charge < -0.3 is 5.11 Å². The molecule has 1 aromatic heterocycles. The highest BCUT2D eigenvalue weighted by Crippen LogP contribution is 2.38. The van der Waals surface area contributed by atoms with Crippen LogP contribution in [0.3, 0.4) is 0 Å². The SMILES string of the molecule is OC(Cc1cc(Br)cs1)C1CCC(F)(F)CC1. The topological polar surface area (TPSA) is 20.2 Å². The lowest BCUT2D eigenvalue weighted by atomic mass is 9.82. The minimum atomic E-state index is -2.51. The number of thiophene rings is 1. The molecule has 0 saturated heterocycles. The molecule has 0 aromatic carbocycles. The van der Waals surface area contributed by atoms with Gasteiger partial charge in [0.05, 0.1) is 6.10 Å². The molecule has 1 nitrogen and oxygen atoms in total. The Hall–Kier alpha value is -0.0000000000000000833. The zero-order valence-electron chi connectivity index (χ0n) is 9.33. The second kappa shape index (κ2) is 5.33. The number of halogens is 3. The minimum absolute atomic E-state index is 0.0236. The molecule has 1 atom stereocenters. The zero-order valence-corrected chi connectivity index (χ0v) is 11.7. The van der Waals surface area contributed by atoms with E-state index in [2.05, 4.69) is 15.9 Å². The largest absolute Gasteiger partial charge is 0.392 e. The van der Waals surface area contributed by atoms with E-state index in [4.69, 9.17) is 0 Å². The van der Waals surface area contributed by atoms with Crippen LogP contribution in [-0.4, -0.2) is 17.1 Å². The van der Waals surface area contributed by atoms with Gasteiger partial charge in [0.2, 0.25) is 5.92 Å². The number of hydrogen-bond acceptors (Lipinski definition) is 2. The number of aliphatic hydroxyl groups is 1. The second-order valence-corrected chi connectivity index (χ2v) is 6.61. The molecule has 96 valence electrons. The van der Waals surface area contributed by atoms with Crippen molar-refractivity contribution in [2.75, 3.05) is 0 Å². The molecule has 1 N–H and O–H groups in total. The van der Waals surface area contributed by atoms with Crippen LogP contribution in [0, 0.1) is 5.92 Å². The normalized spacial score (nSPS) is 22.6. The number of rotatable bonds is 3. The van der Waals surface area contributed by atoms with Gasteiger partial charge in [-0.1, -0.05) is 0 Å². The molecule has 1 aliphatic rings. The van der Waals surface area contributed by atoms with Crippen molar-refractivity contribution < 1.29 is 13.9 Å². The lowest BCUT2D eigenvalue weighted by Gasteiger charge is -2.31. The molecule has 1 unspecified atom stereocenters. The maximum atomic E-state index is 13.0. The summed E-state index contributed by atoms with van der Waals surface area (Å²) in [6.45, 7) is 0. The van der Waals surface area contributed by atoms with Crippen LogP contribution in [0.2, 0.25) is 0 Å². The molecule has 1 aliphatic carbocycles. The second-order valence-electron chi connectivity index (χ2n) is 4.70. The van der Waals surface area contributed by atoms with Gasteiger partial charge in [-0.15, -0.1) is 11.3 Å². The molecule has 0 aliphatic heterocycles. The fourth-order valence-electron chi connectivity index (χ4n) is 2.28. The van der Waals surface area contributed by atoms with Gasteiger partial charge >= 0.3 is 0 Å². The summed E-state index contributed by atoms with van der Waals surface area (Å²) in [6, 6.07) is 1.98. The smallest absolute Gasteiger partial charge is 0.248 e. The van der Waals surface area contributed by atoms with Gasteiger partial charge in [-0.25, -0.2) is 8.78 Å². The fraction of sp³-hybridized carbons (Fsp3) is 0.667. The molecule has 0 amide bonds. The highest BCUT2D eigenvalue weighted by molar-refractivity contribution is 9.10. The van der Waals surface area contributed by atoms with E-state index in [-0.39, 0.29) is 18.8 Å². The van der Waals surface area contributed by atoms with Crippen molar-refractivity contribution in [2.24, 2.45) is 5.92 Å². The summed E-state index contributed by atoms with van der Waals surface area (Å²) in [5.41, 5.74) is 0. The summed E-state index contributed by atoms with van der Waals surface area (Å²) in [5.74, 6) is -2.49. The molecule has 17 heavy (non-hydrogen) atoms. The highest BCUT2D eigenvalue weighted by Gasteiger charge is 2.37. The third-order valence-electron chi connectivity index (χ3n) is 3.34. The van der Waals surface area contributed by atoms with Crippen LogP contribution in [0.4, 0.5) is 8.78 Å². The van der Waals surface area contributed by atoms with E-state index < -0.39 is 12.0 Å². The standard InChI is InChI=1S/C12H15BrF2OS/c13-9-5-10(17-7-9)6-11(16)8-1-3-12(14,15)4-2-8/h5,7-8,11,16H,1-4,6H2. The van der Waals surface area contributed by atoms with Crippen LogP contribution in [0.25, 0.3) is 0 Å². The molecule has 1 fully saturated rings. The Kier molecular flexibility index (Phi) is 4.21. The molecular weight excluding hydrogens is 310 g/mol. The van der Waals surface area contributed by atoms with Crippen LogP contribution in [0.1, 0.15) is 30.6 Å². The van der Waals surface area contributed by atoms with E-state index in [0.29, 0.717) is 19.3 Å². The van der Waals surface area contributed by atoms with E-state index in [9.17, 15) is 13.9 Å². The summed E-state index contributed by atoms with van der Waals surface area (Å²) < 4.78 is 27.0. The molecule has 0 radical (unpaired) electrons. The number of alkyl halides is 2.